The van der Waals surface area contributed by atoms with Crippen LogP contribution < -0.4 is 14.8 Å². The van der Waals surface area contributed by atoms with Crippen LogP contribution in [0.25, 0.3) is 0 Å². The Labute approximate surface area is 187 Å². The average molecular weight is 459 g/mol. The van der Waals surface area contributed by atoms with E-state index >= 15 is 0 Å². The summed E-state index contributed by atoms with van der Waals surface area (Å²) in [6.45, 7) is 4.52. The third-order valence-corrected chi connectivity index (χ3v) is 6.22. The van der Waals surface area contributed by atoms with Crippen molar-refractivity contribution in [2.24, 2.45) is 0 Å². The van der Waals surface area contributed by atoms with E-state index in [1.165, 1.54) is 30.3 Å². The van der Waals surface area contributed by atoms with Crippen molar-refractivity contribution in [1.29, 1.82) is 0 Å². The van der Waals surface area contributed by atoms with Gasteiger partial charge < -0.3 is 10.1 Å². The van der Waals surface area contributed by atoms with Gasteiger partial charge in [-0.05, 0) is 55.8 Å². The largest absolute Gasteiger partial charge is 0.491 e. The zero-order chi connectivity index (χ0) is 22.4. The van der Waals surface area contributed by atoms with Crippen LogP contribution in [0.3, 0.4) is 0 Å². The molecule has 0 fully saturated rings. The van der Waals surface area contributed by atoms with Gasteiger partial charge in [-0.3, -0.25) is 9.52 Å². The number of carbonyl (C=O) groups is 1. The first-order valence-corrected chi connectivity index (χ1v) is 11.5. The van der Waals surface area contributed by atoms with Crippen LogP contribution >= 0.6 is 11.6 Å². The number of amides is 1. The van der Waals surface area contributed by atoms with Gasteiger partial charge in [-0.15, -0.1) is 0 Å². The standard InChI is InChI=1S/C23H23ClN2O4S/c1-16-8-11-22(17(2)14-16)30-13-12-25-23(27)20-15-18(9-10-21(20)24)26-31(28,29)19-6-4-3-5-7-19/h3-11,14-15,26H,12-13H2,1-2H3,(H,25,27). The summed E-state index contributed by atoms with van der Waals surface area (Å²) in [5.41, 5.74) is 2.58. The number of benzene rings is 3. The summed E-state index contributed by atoms with van der Waals surface area (Å²) >= 11 is 6.15. The molecule has 0 aliphatic rings. The van der Waals surface area contributed by atoms with Crippen molar-refractivity contribution < 1.29 is 17.9 Å². The predicted molar refractivity (Wildman–Crippen MR) is 122 cm³/mol. The van der Waals surface area contributed by atoms with Gasteiger partial charge in [-0.25, -0.2) is 8.42 Å². The van der Waals surface area contributed by atoms with Gasteiger partial charge in [0.1, 0.15) is 12.4 Å². The van der Waals surface area contributed by atoms with Crippen molar-refractivity contribution >= 4 is 33.2 Å². The lowest BCUT2D eigenvalue weighted by Gasteiger charge is -2.12. The van der Waals surface area contributed by atoms with Crippen molar-refractivity contribution in [3.63, 3.8) is 0 Å². The van der Waals surface area contributed by atoms with Gasteiger partial charge >= 0.3 is 0 Å². The molecule has 0 aliphatic heterocycles. The molecule has 0 aromatic heterocycles. The molecule has 6 nitrogen and oxygen atoms in total. The van der Waals surface area contributed by atoms with Crippen LogP contribution in [-0.4, -0.2) is 27.5 Å². The molecule has 0 aliphatic carbocycles. The Morgan fingerprint density at radius 2 is 1.74 bits per heavy atom. The van der Waals surface area contributed by atoms with Gasteiger partial charge in [-0.2, -0.15) is 0 Å². The quantitative estimate of drug-likeness (QED) is 0.484. The molecule has 3 rings (SSSR count). The molecule has 2 N–H and O–H groups in total. The highest BCUT2D eigenvalue weighted by atomic mass is 35.5. The first kappa shape index (κ1) is 22.7. The fraction of sp³-hybridized carbons (Fsp3) is 0.174. The minimum absolute atomic E-state index is 0.125. The van der Waals surface area contributed by atoms with Gasteiger partial charge in [0.15, 0.2) is 0 Å². The maximum absolute atomic E-state index is 12.5. The lowest BCUT2D eigenvalue weighted by Crippen LogP contribution is -2.28. The lowest BCUT2D eigenvalue weighted by molar-refractivity contribution is 0.0947. The highest BCUT2D eigenvalue weighted by Crippen LogP contribution is 2.23. The molecule has 0 atom stereocenters. The van der Waals surface area contributed by atoms with Crippen molar-refractivity contribution in [3.8, 4) is 5.75 Å². The monoisotopic (exact) mass is 458 g/mol. The second-order valence-electron chi connectivity index (χ2n) is 6.99. The van der Waals surface area contributed by atoms with Gasteiger partial charge in [-0.1, -0.05) is 47.5 Å². The Morgan fingerprint density at radius 1 is 1.00 bits per heavy atom. The third kappa shape index (κ3) is 5.99. The molecule has 0 unspecified atom stereocenters. The molecular formula is C23H23ClN2O4S. The number of anilines is 1. The van der Waals surface area contributed by atoms with E-state index in [0.717, 1.165) is 16.9 Å². The molecule has 1 amide bonds. The summed E-state index contributed by atoms with van der Waals surface area (Å²) in [6, 6.07) is 18.2. The van der Waals surface area contributed by atoms with Gasteiger partial charge in [0.2, 0.25) is 0 Å². The van der Waals surface area contributed by atoms with E-state index in [0.29, 0.717) is 0 Å². The minimum Gasteiger partial charge on any atom is -0.491 e. The van der Waals surface area contributed by atoms with E-state index in [9.17, 15) is 13.2 Å². The fourth-order valence-corrected chi connectivity index (χ4v) is 4.23. The maximum atomic E-state index is 12.5. The third-order valence-electron chi connectivity index (χ3n) is 4.49. The van der Waals surface area contributed by atoms with E-state index in [-0.39, 0.29) is 34.3 Å². The summed E-state index contributed by atoms with van der Waals surface area (Å²) in [5.74, 6) is 0.338. The predicted octanol–water partition coefficient (Wildman–Crippen LogP) is 4.57. The molecule has 0 spiro atoms. The number of aryl methyl sites for hydroxylation is 2. The normalized spacial score (nSPS) is 11.1. The Kier molecular flexibility index (Phi) is 7.20. The van der Waals surface area contributed by atoms with Crippen molar-refractivity contribution in [2.45, 2.75) is 18.7 Å². The maximum Gasteiger partial charge on any atom is 0.261 e. The fourth-order valence-electron chi connectivity index (χ4n) is 2.96. The topological polar surface area (TPSA) is 84.5 Å². The van der Waals surface area contributed by atoms with Gasteiger partial charge in [0.25, 0.3) is 15.9 Å². The second-order valence-corrected chi connectivity index (χ2v) is 9.08. The molecule has 8 heteroatoms. The smallest absolute Gasteiger partial charge is 0.261 e. The zero-order valence-corrected chi connectivity index (χ0v) is 18.8. The van der Waals surface area contributed by atoms with Crippen LogP contribution in [-0.2, 0) is 10.0 Å². The zero-order valence-electron chi connectivity index (χ0n) is 17.2. The molecule has 0 saturated carbocycles. The molecule has 3 aromatic carbocycles. The summed E-state index contributed by atoms with van der Waals surface area (Å²) in [4.78, 5) is 12.7. The number of hydrogen-bond donors (Lipinski definition) is 2. The number of halogens is 1. The molecule has 31 heavy (non-hydrogen) atoms. The number of nitrogens with one attached hydrogen (secondary N) is 2. The van der Waals surface area contributed by atoms with Crippen LogP contribution in [0.1, 0.15) is 21.5 Å². The van der Waals surface area contributed by atoms with Gasteiger partial charge in [0, 0.05) is 5.69 Å². The van der Waals surface area contributed by atoms with Crippen LogP contribution in [0, 0.1) is 13.8 Å². The van der Waals surface area contributed by atoms with Crippen LogP contribution in [0.2, 0.25) is 5.02 Å². The van der Waals surface area contributed by atoms with E-state index < -0.39 is 15.9 Å². The lowest BCUT2D eigenvalue weighted by atomic mass is 10.1. The summed E-state index contributed by atoms with van der Waals surface area (Å²) < 4.78 is 33.2. The molecule has 162 valence electrons. The van der Waals surface area contributed by atoms with Crippen LogP contribution in [0.15, 0.2) is 71.6 Å². The van der Waals surface area contributed by atoms with Crippen molar-refractivity contribution in [2.75, 3.05) is 17.9 Å². The average Bonchev–Trinajstić information content (AvgIpc) is 2.74. The van der Waals surface area contributed by atoms with Crippen LogP contribution in [0.5, 0.6) is 5.75 Å². The van der Waals surface area contributed by atoms with Gasteiger partial charge in [0.05, 0.1) is 22.0 Å². The summed E-state index contributed by atoms with van der Waals surface area (Å²) in [6.07, 6.45) is 0. The highest BCUT2D eigenvalue weighted by molar-refractivity contribution is 7.92. The summed E-state index contributed by atoms with van der Waals surface area (Å²) in [7, 11) is -3.77. The van der Waals surface area contributed by atoms with Crippen molar-refractivity contribution in [3.05, 3.63) is 88.4 Å². The Bertz CT molecular complexity index is 1180. The van der Waals surface area contributed by atoms with E-state index in [4.69, 9.17) is 16.3 Å². The molecule has 0 radical (unpaired) electrons. The highest BCUT2D eigenvalue weighted by Gasteiger charge is 2.16. The molecule has 0 heterocycles. The second kappa shape index (κ2) is 9.85. The SMILES string of the molecule is Cc1ccc(OCCNC(=O)c2cc(NS(=O)(=O)c3ccccc3)ccc2Cl)c(C)c1. The van der Waals surface area contributed by atoms with Crippen LogP contribution in [0.4, 0.5) is 5.69 Å². The summed E-state index contributed by atoms with van der Waals surface area (Å²) in [5, 5.41) is 2.96. The minimum atomic E-state index is -3.77. The molecule has 0 saturated heterocycles. The number of ether oxygens (including phenoxy) is 1. The van der Waals surface area contributed by atoms with E-state index in [2.05, 4.69) is 10.0 Å². The molecule has 0 bridgehead atoms. The van der Waals surface area contributed by atoms with Crippen molar-refractivity contribution in [1.82, 2.24) is 5.32 Å². The van der Waals surface area contributed by atoms with E-state index in [1.54, 1.807) is 18.2 Å². The number of sulfonamides is 1. The Hall–Kier alpha value is -3.03. The van der Waals surface area contributed by atoms with E-state index in [1.807, 2.05) is 32.0 Å². The number of hydrogen-bond acceptors (Lipinski definition) is 4. The number of carbonyl (C=O) groups excluding carboxylic acids is 1. The Morgan fingerprint density at radius 3 is 2.45 bits per heavy atom. The molecule has 3 aromatic rings. The Balaban J connectivity index is 1.62. The first-order chi connectivity index (χ1) is 14.8. The molecular weight excluding hydrogens is 436 g/mol. The number of rotatable bonds is 8. The first-order valence-electron chi connectivity index (χ1n) is 9.62.